The number of rotatable bonds is 8. The van der Waals surface area contributed by atoms with Crippen LogP contribution >= 0.6 is 0 Å². The van der Waals surface area contributed by atoms with Gasteiger partial charge in [-0.15, -0.1) is 0 Å². The van der Waals surface area contributed by atoms with Crippen LogP contribution in [0.5, 0.6) is 0 Å². The largest absolute Gasteiger partial charge is 0.385 e. The van der Waals surface area contributed by atoms with E-state index in [0.29, 0.717) is 30.5 Å². The molecule has 0 bridgehead atoms. The molecule has 1 aliphatic carbocycles. The molecule has 6 nitrogen and oxygen atoms in total. The van der Waals surface area contributed by atoms with E-state index in [4.69, 9.17) is 10.5 Å². The first-order valence-corrected chi connectivity index (χ1v) is 8.38. The lowest BCUT2D eigenvalue weighted by atomic mass is 10.3. The van der Waals surface area contributed by atoms with Gasteiger partial charge in [0.05, 0.1) is 4.90 Å². The summed E-state index contributed by atoms with van der Waals surface area (Å²) in [6.45, 7) is 2.71. The lowest BCUT2D eigenvalue weighted by Gasteiger charge is -2.12. The molecule has 1 aliphatic rings. The molecule has 0 saturated heterocycles. The van der Waals surface area contributed by atoms with Crippen LogP contribution in [0.2, 0.25) is 0 Å². The highest BCUT2D eigenvalue weighted by Gasteiger charge is 2.28. The minimum atomic E-state index is -3.49. The maximum absolute atomic E-state index is 12.3. The Hall–Kier alpha value is -0.890. The first-order valence-electron chi connectivity index (χ1n) is 6.90. The average Bonchev–Trinajstić information content (AvgIpc) is 3.14. The summed E-state index contributed by atoms with van der Waals surface area (Å²) in [5.41, 5.74) is 6.56. The highest BCUT2D eigenvalue weighted by atomic mass is 32.2. The molecule has 0 spiro atoms. The Kier molecular flexibility index (Phi) is 4.85. The summed E-state index contributed by atoms with van der Waals surface area (Å²) in [6.07, 6.45) is 4.53. The Morgan fingerprint density at radius 2 is 2.25 bits per heavy atom. The van der Waals surface area contributed by atoms with Crippen molar-refractivity contribution in [2.45, 2.75) is 49.7 Å². The van der Waals surface area contributed by atoms with E-state index in [1.807, 2.05) is 11.5 Å². The lowest BCUT2D eigenvalue weighted by molar-refractivity contribution is 0.188. The molecule has 3 N–H and O–H groups in total. The fourth-order valence-electron chi connectivity index (χ4n) is 2.19. The van der Waals surface area contributed by atoms with Gasteiger partial charge in [-0.05, 0) is 32.3 Å². The molecule has 7 heteroatoms. The van der Waals surface area contributed by atoms with Gasteiger partial charge in [0.25, 0.3) is 0 Å². The second-order valence-electron chi connectivity index (χ2n) is 5.31. The second-order valence-corrected chi connectivity index (χ2v) is 7.03. The molecule has 1 aromatic rings. The van der Waals surface area contributed by atoms with Crippen molar-refractivity contribution in [1.29, 1.82) is 0 Å². The minimum absolute atomic E-state index is 0.162. The monoisotopic (exact) mass is 301 g/mol. The maximum Gasteiger partial charge on any atom is 0.242 e. The van der Waals surface area contributed by atoms with Crippen molar-refractivity contribution in [3.63, 3.8) is 0 Å². The van der Waals surface area contributed by atoms with Crippen LogP contribution in [0.1, 0.15) is 37.9 Å². The molecule has 1 heterocycles. The van der Waals surface area contributed by atoms with Crippen LogP contribution in [0, 0.1) is 0 Å². The predicted octanol–water partition coefficient (Wildman–Crippen LogP) is 0.985. The predicted molar refractivity (Wildman–Crippen MR) is 76.9 cm³/mol. The van der Waals surface area contributed by atoms with Gasteiger partial charge in [0.15, 0.2) is 0 Å². The Morgan fingerprint density at radius 3 is 2.80 bits per heavy atom. The molecule has 1 atom stereocenters. The second kappa shape index (κ2) is 6.26. The van der Waals surface area contributed by atoms with E-state index in [0.717, 1.165) is 18.5 Å². The lowest BCUT2D eigenvalue weighted by Crippen LogP contribution is -2.33. The van der Waals surface area contributed by atoms with Gasteiger partial charge in [-0.3, -0.25) is 0 Å². The summed E-state index contributed by atoms with van der Waals surface area (Å²) in [7, 11) is -1.89. The van der Waals surface area contributed by atoms with Crippen molar-refractivity contribution < 1.29 is 13.2 Å². The van der Waals surface area contributed by atoms with E-state index < -0.39 is 10.0 Å². The number of hydrogen-bond acceptors (Lipinski definition) is 4. The smallest absolute Gasteiger partial charge is 0.242 e. The standard InChI is InChI=1S/C13H23N3O3S/c1-10(5-6-19-2)15-20(17,18)13-7-12(8-14)16(9-13)11-3-4-11/h7,9-11,15H,3-6,8,14H2,1-2H3. The quantitative estimate of drug-likeness (QED) is 0.749. The molecule has 1 aromatic heterocycles. The fourth-order valence-corrected chi connectivity index (χ4v) is 3.51. The highest BCUT2D eigenvalue weighted by molar-refractivity contribution is 7.89. The summed E-state index contributed by atoms with van der Waals surface area (Å²) >= 11 is 0. The third-order valence-corrected chi connectivity index (χ3v) is 5.03. The van der Waals surface area contributed by atoms with E-state index in [9.17, 15) is 8.42 Å². The third kappa shape index (κ3) is 3.60. The van der Waals surface area contributed by atoms with Crippen molar-refractivity contribution >= 4 is 10.0 Å². The number of sulfonamides is 1. The first kappa shape index (κ1) is 15.5. The maximum atomic E-state index is 12.3. The molecular formula is C13H23N3O3S. The molecule has 0 amide bonds. The molecule has 1 saturated carbocycles. The van der Waals surface area contributed by atoms with Crippen molar-refractivity contribution in [2.24, 2.45) is 5.73 Å². The molecule has 1 fully saturated rings. The van der Waals surface area contributed by atoms with Gasteiger partial charge < -0.3 is 15.0 Å². The van der Waals surface area contributed by atoms with E-state index in [-0.39, 0.29) is 6.04 Å². The average molecular weight is 301 g/mol. The number of nitrogens with two attached hydrogens (primary N) is 1. The van der Waals surface area contributed by atoms with Gasteiger partial charge in [-0.25, -0.2) is 13.1 Å². The molecule has 0 aliphatic heterocycles. The molecule has 1 unspecified atom stereocenters. The van der Waals surface area contributed by atoms with Gasteiger partial charge in [-0.1, -0.05) is 0 Å². The summed E-state index contributed by atoms with van der Waals surface area (Å²) in [4.78, 5) is 0.300. The van der Waals surface area contributed by atoms with Crippen LogP contribution < -0.4 is 10.5 Å². The zero-order valence-corrected chi connectivity index (χ0v) is 12.8. The number of aromatic nitrogens is 1. The molecular weight excluding hydrogens is 278 g/mol. The van der Waals surface area contributed by atoms with Crippen LogP contribution in [-0.2, 0) is 21.3 Å². The molecule has 0 radical (unpaired) electrons. The normalized spacial score (nSPS) is 17.4. The SMILES string of the molecule is COCCC(C)NS(=O)(=O)c1cc(CN)n(C2CC2)c1. The topological polar surface area (TPSA) is 86.3 Å². The number of ether oxygens (including phenoxy) is 1. The van der Waals surface area contributed by atoms with E-state index in [2.05, 4.69) is 4.72 Å². The van der Waals surface area contributed by atoms with E-state index >= 15 is 0 Å². The van der Waals surface area contributed by atoms with Crippen LogP contribution in [0.15, 0.2) is 17.2 Å². The van der Waals surface area contributed by atoms with Crippen molar-refractivity contribution in [2.75, 3.05) is 13.7 Å². The Morgan fingerprint density at radius 1 is 1.55 bits per heavy atom. The van der Waals surface area contributed by atoms with Crippen molar-refractivity contribution in [3.8, 4) is 0 Å². The van der Waals surface area contributed by atoms with Crippen LogP contribution in [0.4, 0.5) is 0 Å². The molecule has 2 rings (SSSR count). The van der Waals surface area contributed by atoms with Crippen LogP contribution in [0.3, 0.4) is 0 Å². The van der Waals surface area contributed by atoms with E-state index in [1.165, 1.54) is 0 Å². The molecule has 20 heavy (non-hydrogen) atoms. The Labute approximate surface area is 120 Å². The zero-order chi connectivity index (χ0) is 14.8. The van der Waals surface area contributed by atoms with Gasteiger partial charge >= 0.3 is 0 Å². The third-order valence-electron chi connectivity index (χ3n) is 3.48. The zero-order valence-electron chi connectivity index (χ0n) is 12.0. The fraction of sp³-hybridized carbons (Fsp3) is 0.692. The summed E-state index contributed by atoms with van der Waals surface area (Å²) in [5, 5.41) is 0. The summed E-state index contributed by atoms with van der Waals surface area (Å²) < 4.78 is 34.3. The summed E-state index contributed by atoms with van der Waals surface area (Å²) in [5.74, 6) is 0. The number of hydrogen-bond donors (Lipinski definition) is 2. The number of methoxy groups -OCH3 is 1. The van der Waals surface area contributed by atoms with Gasteiger partial charge in [0, 0.05) is 44.2 Å². The number of nitrogens with one attached hydrogen (secondary N) is 1. The van der Waals surface area contributed by atoms with Gasteiger partial charge in [0.2, 0.25) is 10.0 Å². The van der Waals surface area contributed by atoms with E-state index in [1.54, 1.807) is 19.4 Å². The minimum Gasteiger partial charge on any atom is -0.385 e. The first-order chi connectivity index (χ1) is 9.47. The van der Waals surface area contributed by atoms with Crippen LogP contribution in [-0.4, -0.2) is 32.7 Å². The molecule has 0 aromatic carbocycles. The summed E-state index contributed by atoms with van der Waals surface area (Å²) in [6, 6.07) is 1.93. The van der Waals surface area contributed by atoms with Crippen molar-refractivity contribution in [1.82, 2.24) is 9.29 Å². The Balaban J connectivity index is 2.12. The highest BCUT2D eigenvalue weighted by Crippen LogP contribution is 2.37. The van der Waals surface area contributed by atoms with Crippen molar-refractivity contribution in [3.05, 3.63) is 18.0 Å². The van der Waals surface area contributed by atoms with Gasteiger partial charge in [-0.2, -0.15) is 0 Å². The molecule has 114 valence electrons. The van der Waals surface area contributed by atoms with Gasteiger partial charge in [0.1, 0.15) is 0 Å². The number of nitrogens with zero attached hydrogens (tertiary/aromatic N) is 1. The van der Waals surface area contributed by atoms with Crippen LogP contribution in [0.25, 0.3) is 0 Å². The Bertz CT molecular complexity index is 549.